The molecule has 0 bridgehead atoms. The molecule has 0 spiro atoms. The first kappa shape index (κ1) is 12.8. The van der Waals surface area contributed by atoms with Crippen LogP contribution in [-0.4, -0.2) is 10.5 Å². The van der Waals surface area contributed by atoms with Crippen LogP contribution in [-0.2, 0) is 6.42 Å². The number of aromatic nitrogens is 1. The summed E-state index contributed by atoms with van der Waals surface area (Å²) in [4.78, 5) is 24.0. The van der Waals surface area contributed by atoms with E-state index in [2.05, 4.69) is 0 Å². The van der Waals surface area contributed by atoms with E-state index in [9.17, 15) is 9.59 Å². The zero-order valence-corrected chi connectivity index (χ0v) is 11.6. The number of carbonyl (C=O) groups excluding carboxylic acids is 1. The molecule has 2 aromatic carbocycles. The van der Waals surface area contributed by atoms with Crippen molar-refractivity contribution in [3.8, 4) is 0 Å². The molecule has 0 N–H and O–H groups in total. The van der Waals surface area contributed by atoms with E-state index < -0.39 is 0 Å². The van der Waals surface area contributed by atoms with E-state index >= 15 is 0 Å². The second-order valence-electron chi connectivity index (χ2n) is 4.55. The number of benzene rings is 2. The summed E-state index contributed by atoms with van der Waals surface area (Å²) in [5.41, 5.74) is 1.81. The lowest BCUT2D eigenvalue weighted by Gasteiger charge is -2.03. The van der Waals surface area contributed by atoms with Gasteiger partial charge in [-0.3, -0.25) is 9.59 Å². The lowest BCUT2D eigenvalue weighted by Crippen LogP contribution is -2.21. The average Bonchev–Trinajstić information content (AvgIpc) is 2.82. The van der Waals surface area contributed by atoms with Crippen LogP contribution < -0.4 is 4.87 Å². The average molecular weight is 283 g/mol. The van der Waals surface area contributed by atoms with Crippen molar-refractivity contribution in [2.75, 3.05) is 0 Å². The van der Waals surface area contributed by atoms with E-state index in [0.717, 1.165) is 21.6 Å². The zero-order chi connectivity index (χ0) is 13.9. The Morgan fingerprint density at radius 2 is 1.70 bits per heavy atom. The summed E-state index contributed by atoms with van der Waals surface area (Å²) in [6.07, 6.45) is 0.987. The second kappa shape index (κ2) is 5.43. The Hall–Kier alpha value is -2.20. The quantitative estimate of drug-likeness (QED) is 0.739. The van der Waals surface area contributed by atoms with Gasteiger partial charge in [0.2, 0.25) is 5.91 Å². The zero-order valence-electron chi connectivity index (χ0n) is 10.8. The van der Waals surface area contributed by atoms with Gasteiger partial charge in [-0.25, -0.2) is 4.57 Å². The number of rotatable bonds is 3. The number of para-hydroxylation sites is 1. The van der Waals surface area contributed by atoms with Crippen LogP contribution in [0.5, 0.6) is 0 Å². The highest BCUT2D eigenvalue weighted by molar-refractivity contribution is 7.16. The molecule has 0 amide bonds. The molecule has 0 saturated heterocycles. The highest BCUT2D eigenvalue weighted by atomic mass is 32.1. The third-order valence-corrected chi connectivity index (χ3v) is 4.13. The fourth-order valence-corrected chi connectivity index (χ4v) is 3.10. The first-order valence-corrected chi connectivity index (χ1v) is 7.25. The van der Waals surface area contributed by atoms with Crippen molar-refractivity contribution in [1.29, 1.82) is 0 Å². The molecule has 0 radical (unpaired) electrons. The number of nitrogens with zero attached hydrogens (tertiary/aromatic N) is 1. The Kier molecular flexibility index (Phi) is 3.48. The number of aryl methyl sites for hydroxylation is 1. The summed E-state index contributed by atoms with van der Waals surface area (Å²) in [7, 11) is 0. The topological polar surface area (TPSA) is 39.1 Å². The first-order valence-electron chi connectivity index (χ1n) is 6.43. The van der Waals surface area contributed by atoms with Crippen LogP contribution in [0, 0.1) is 0 Å². The van der Waals surface area contributed by atoms with E-state index in [0.29, 0.717) is 18.4 Å². The van der Waals surface area contributed by atoms with E-state index in [4.69, 9.17) is 0 Å². The van der Waals surface area contributed by atoms with Crippen LogP contribution in [0.15, 0.2) is 59.4 Å². The highest BCUT2D eigenvalue weighted by Crippen LogP contribution is 2.17. The van der Waals surface area contributed by atoms with Crippen LogP contribution in [0.1, 0.15) is 16.8 Å². The molecule has 0 aliphatic carbocycles. The van der Waals surface area contributed by atoms with Crippen LogP contribution in [0.4, 0.5) is 0 Å². The highest BCUT2D eigenvalue weighted by Gasteiger charge is 2.13. The molecule has 3 rings (SSSR count). The van der Waals surface area contributed by atoms with Crippen molar-refractivity contribution in [1.82, 2.24) is 4.57 Å². The van der Waals surface area contributed by atoms with Gasteiger partial charge < -0.3 is 0 Å². The van der Waals surface area contributed by atoms with E-state index in [-0.39, 0.29) is 10.8 Å². The summed E-state index contributed by atoms with van der Waals surface area (Å²) < 4.78 is 2.15. The summed E-state index contributed by atoms with van der Waals surface area (Å²) >= 11 is 1.12. The van der Waals surface area contributed by atoms with Gasteiger partial charge in [-0.15, -0.1) is 0 Å². The molecule has 20 heavy (non-hydrogen) atoms. The van der Waals surface area contributed by atoms with Crippen molar-refractivity contribution in [2.24, 2.45) is 0 Å². The normalized spacial score (nSPS) is 10.8. The number of fused-ring (bicyclic) bond motifs is 1. The Morgan fingerprint density at radius 1 is 1.00 bits per heavy atom. The van der Waals surface area contributed by atoms with Crippen LogP contribution in [0.25, 0.3) is 10.2 Å². The summed E-state index contributed by atoms with van der Waals surface area (Å²) in [6, 6.07) is 17.2. The predicted molar refractivity (Wildman–Crippen MR) is 81.5 cm³/mol. The van der Waals surface area contributed by atoms with Gasteiger partial charge in [0.1, 0.15) is 0 Å². The summed E-state index contributed by atoms with van der Waals surface area (Å²) in [5, 5.41) is 0. The van der Waals surface area contributed by atoms with Crippen molar-refractivity contribution in [3.63, 3.8) is 0 Å². The molecule has 4 heteroatoms. The maximum absolute atomic E-state index is 12.3. The van der Waals surface area contributed by atoms with Gasteiger partial charge in [0.25, 0.3) is 0 Å². The molecule has 3 nitrogen and oxygen atoms in total. The standard InChI is InChI=1S/C16H13NO2S/c18-15(11-10-12-6-2-1-3-7-12)17-13-8-4-5-9-14(13)20-16(17)19/h1-9H,10-11H2. The minimum Gasteiger partial charge on any atom is -0.274 e. The van der Waals surface area contributed by atoms with E-state index in [1.165, 1.54) is 4.57 Å². The van der Waals surface area contributed by atoms with E-state index in [1.54, 1.807) is 0 Å². The monoisotopic (exact) mass is 283 g/mol. The Balaban J connectivity index is 1.86. The molecule has 1 heterocycles. The molecule has 0 saturated carbocycles. The molecule has 3 aromatic rings. The number of carbonyl (C=O) groups is 1. The Labute approximate surface area is 120 Å². The van der Waals surface area contributed by atoms with Crippen molar-refractivity contribution < 1.29 is 4.79 Å². The maximum Gasteiger partial charge on any atom is 0.314 e. The molecule has 1 aromatic heterocycles. The smallest absolute Gasteiger partial charge is 0.274 e. The maximum atomic E-state index is 12.3. The number of hydrogen-bond donors (Lipinski definition) is 0. The number of thiazole rings is 1. The SMILES string of the molecule is O=C(CCc1ccccc1)n1c(=O)sc2ccccc21. The van der Waals surface area contributed by atoms with Crippen LogP contribution in [0.3, 0.4) is 0 Å². The molecule has 100 valence electrons. The van der Waals surface area contributed by atoms with Gasteiger partial charge in [0.15, 0.2) is 0 Å². The van der Waals surface area contributed by atoms with Gasteiger partial charge >= 0.3 is 4.87 Å². The first-order chi connectivity index (χ1) is 9.75. The largest absolute Gasteiger partial charge is 0.314 e. The van der Waals surface area contributed by atoms with Gasteiger partial charge in [-0.2, -0.15) is 0 Å². The second-order valence-corrected chi connectivity index (χ2v) is 5.54. The molecule has 0 aliphatic rings. The van der Waals surface area contributed by atoms with Crippen LogP contribution >= 0.6 is 11.3 Å². The summed E-state index contributed by atoms with van der Waals surface area (Å²) in [6.45, 7) is 0. The minimum absolute atomic E-state index is 0.142. The third kappa shape index (κ3) is 2.42. The lowest BCUT2D eigenvalue weighted by atomic mass is 10.1. The predicted octanol–water partition coefficient (Wildman–Crippen LogP) is 3.34. The van der Waals surface area contributed by atoms with Gasteiger partial charge in [0, 0.05) is 6.42 Å². The minimum atomic E-state index is -0.204. The molecule has 0 atom stereocenters. The van der Waals surface area contributed by atoms with Crippen molar-refractivity contribution >= 4 is 27.5 Å². The van der Waals surface area contributed by atoms with Gasteiger partial charge in [-0.05, 0) is 24.1 Å². The molecule has 0 fully saturated rings. The molecular formula is C16H13NO2S. The Morgan fingerprint density at radius 3 is 2.50 bits per heavy atom. The lowest BCUT2D eigenvalue weighted by molar-refractivity contribution is 0.0906. The van der Waals surface area contributed by atoms with Gasteiger partial charge in [0.05, 0.1) is 10.2 Å². The van der Waals surface area contributed by atoms with E-state index in [1.807, 2.05) is 54.6 Å². The Bertz CT molecular complexity index is 802. The number of hydrogen-bond acceptors (Lipinski definition) is 3. The van der Waals surface area contributed by atoms with Crippen molar-refractivity contribution in [3.05, 3.63) is 69.8 Å². The fourth-order valence-electron chi connectivity index (χ4n) is 2.21. The van der Waals surface area contributed by atoms with Gasteiger partial charge in [-0.1, -0.05) is 53.8 Å². The molecule has 0 aliphatic heterocycles. The van der Waals surface area contributed by atoms with Crippen LogP contribution in [0.2, 0.25) is 0 Å². The van der Waals surface area contributed by atoms with Crippen molar-refractivity contribution in [2.45, 2.75) is 12.8 Å². The molecule has 0 unspecified atom stereocenters. The molecular weight excluding hydrogens is 270 g/mol. The third-order valence-electron chi connectivity index (χ3n) is 3.21. The fraction of sp³-hybridized carbons (Fsp3) is 0.125. The summed E-state index contributed by atoms with van der Waals surface area (Å²) in [5.74, 6) is -0.142.